The van der Waals surface area contributed by atoms with Crippen molar-refractivity contribution >= 4 is 0 Å². The average molecular weight is 315 g/mol. The van der Waals surface area contributed by atoms with Crippen molar-refractivity contribution in [1.82, 2.24) is 10.2 Å². The summed E-state index contributed by atoms with van der Waals surface area (Å²) < 4.78 is 0. The molecule has 2 fully saturated rings. The molecule has 0 aromatic heterocycles. The fraction of sp³-hybridized carbons (Fsp3) is 0.714. The predicted octanol–water partition coefficient (Wildman–Crippen LogP) is 4.44. The predicted molar refractivity (Wildman–Crippen MR) is 98.8 cm³/mol. The van der Waals surface area contributed by atoms with Gasteiger partial charge in [-0.25, -0.2) is 0 Å². The largest absolute Gasteiger partial charge is 0.312 e. The highest BCUT2D eigenvalue weighted by molar-refractivity contribution is 5.30. The molecule has 0 amide bonds. The lowest BCUT2D eigenvalue weighted by molar-refractivity contribution is 0.176. The Morgan fingerprint density at radius 2 is 1.87 bits per heavy atom. The summed E-state index contributed by atoms with van der Waals surface area (Å²) in [5, 5.41) is 3.89. The monoisotopic (exact) mass is 314 g/mol. The number of likely N-dealkylation sites (tertiary alicyclic amines) is 1. The van der Waals surface area contributed by atoms with Crippen LogP contribution in [0.15, 0.2) is 18.2 Å². The maximum absolute atomic E-state index is 3.89. The van der Waals surface area contributed by atoms with Gasteiger partial charge in [-0.2, -0.15) is 0 Å². The molecule has 1 aliphatic heterocycles. The molecule has 1 saturated carbocycles. The van der Waals surface area contributed by atoms with Crippen molar-refractivity contribution in [3.05, 3.63) is 34.9 Å². The number of aryl methyl sites for hydroxylation is 2. The summed E-state index contributed by atoms with van der Waals surface area (Å²) in [6, 6.07) is 7.60. The number of hydrogen-bond donors (Lipinski definition) is 1. The first kappa shape index (κ1) is 17.0. The smallest absolute Gasteiger partial charge is 0.0237 e. The molecule has 1 N–H and O–H groups in total. The second-order valence-electron chi connectivity index (χ2n) is 7.92. The minimum absolute atomic E-state index is 0.705. The van der Waals surface area contributed by atoms with Gasteiger partial charge in [0.25, 0.3) is 0 Å². The number of rotatable bonds is 5. The minimum Gasteiger partial charge on any atom is -0.312 e. The summed E-state index contributed by atoms with van der Waals surface area (Å²) in [5.41, 5.74) is 4.32. The molecular weight excluding hydrogens is 280 g/mol. The molecule has 1 aliphatic carbocycles. The molecule has 1 atom stereocenters. The van der Waals surface area contributed by atoms with Crippen LogP contribution < -0.4 is 5.32 Å². The Balaban J connectivity index is 1.47. The third-order valence-corrected chi connectivity index (χ3v) is 5.82. The van der Waals surface area contributed by atoms with Gasteiger partial charge in [-0.1, -0.05) is 43.0 Å². The van der Waals surface area contributed by atoms with Crippen molar-refractivity contribution < 1.29 is 0 Å². The quantitative estimate of drug-likeness (QED) is 0.864. The summed E-state index contributed by atoms with van der Waals surface area (Å²) in [6.07, 6.45) is 9.97. The SMILES string of the molecule is Cc1ccc(CN2CCCC(NCC3CCCCC3)C2)c(C)c1. The number of benzene rings is 1. The van der Waals surface area contributed by atoms with E-state index >= 15 is 0 Å². The Bertz CT molecular complexity index is 491. The maximum Gasteiger partial charge on any atom is 0.0237 e. The van der Waals surface area contributed by atoms with Crippen LogP contribution in [0.25, 0.3) is 0 Å². The molecule has 128 valence electrons. The van der Waals surface area contributed by atoms with Crippen LogP contribution >= 0.6 is 0 Å². The third kappa shape index (κ3) is 5.06. The first-order chi connectivity index (χ1) is 11.2. The number of piperidine rings is 1. The molecule has 1 saturated heterocycles. The van der Waals surface area contributed by atoms with Crippen molar-refractivity contribution in [3.8, 4) is 0 Å². The first-order valence-corrected chi connectivity index (χ1v) is 9.72. The number of nitrogens with one attached hydrogen (secondary N) is 1. The summed E-state index contributed by atoms with van der Waals surface area (Å²) >= 11 is 0. The van der Waals surface area contributed by atoms with Crippen molar-refractivity contribution in [2.45, 2.75) is 71.4 Å². The summed E-state index contributed by atoms with van der Waals surface area (Å²) in [6.45, 7) is 9.29. The molecule has 1 aromatic carbocycles. The Labute approximate surface area is 142 Å². The Morgan fingerprint density at radius 3 is 2.65 bits per heavy atom. The Hall–Kier alpha value is -0.860. The van der Waals surface area contributed by atoms with Gasteiger partial charge in [0.2, 0.25) is 0 Å². The summed E-state index contributed by atoms with van der Waals surface area (Å²) in [5.74, 6) is 0.943. The van der Waals surface area contributed by atoms with Crippen LogP contribution in [0.5, 0.6) is 0 Å². The Kier molecular flexibility index (Phi) is 6.13. The van der Waals surface area contributed by atoms with Gasteiger partial charge in [0, 0.05) is 19.1 Å². The molecule has 1 heterocycles. The van der Waals surface area contributed by atoms with Gasteiger partial charge in [-0.3, -0.25) is 4.90 Å². The van der Waals surface area contributed by atoms with Crippen molar-refractivity contribution in [1.29, 1.82) is 0 Å². The molecule has 1 aromatic rings. The van der Waals surface area contributed by atoms with E-state index in [9.17, 15) is 0 Å². The molecule has 3 rings (SSSR count). The zero-order chi connectivity index (χ0) is 16.1. The highest BCUT2D eigenvalue weighted by Crippen LogP contribution is 2.23. The van der Waals surface area contributed by atoms with Crippen LogP contribution in [-0.4, -0.2) is 30.6 Å². The van der Waals surface area contributed by atoms with Crippen LogP contribution in [0.4, 0.5) is 0 Å². The van der Waals surface area contributed by atoms with E-state index in [-0.39, 0.29) is 0 Å². The Morgan fingerprint density at radius 1 is 1.04 bits per heavy atom. The van der Waals surface area contributed by atoms with Gasteiger partial charge in [-0.05, 0) is 69.7 Å². The average Bonchev–Trinajstić information content (AvgIpc) is 2.57. The van der Waals surface area contributed by atoms with E-state index in [1.54, 1.807) is 0 Å². The molecule has 2 aliphatic rings. The van der Waals surface area contributed by atoms with Crippen LogP contribution in [0.3, 0.4) is 0 Å². The fourth-order valence-corrected chi connectivity index (χ4v) is 4.35. The van der Waals surface area contributed by atoms with Gasteiger partial charge >= 0.3 is 0 Å². The van der Waals surface area contributed by atoms with E-state index in [1.165, 1.54) is 81.3 Å². The second-order valence-corrected chi connectivity index (χ2v) is 7.92. The highest BCUT2D eigenvalue weighted by atomic mass is 15.2. The molecule has 0 bridgehead atoms. The van der Waals surface area contributed by atoms with Gasteiger partial charge in [0.15, 0.2) is 0 Å². The van der Waals surface area contributed by atoms with Crippen LogP contribution in [-0.2, 0) is 6.54 Å². The van der Waals surface area contributed by atoms with E-state index in [0.29, 0.717) is 6.04 Å². The lowest BCUT2D eigenvalue weighted by atomic mass is 9.89. The molecule has 2 nitrogen and oxygen atoms in total. The number of nitrogens with zero attached hydrogens (tertiary/aromatic N) is 1. The number of hydrogen-bond acceptors (Lipinski definition) is 2. The minimum atomic E-state index is 0.705. The maximum atomic E-state index is 3.89. The summed E-state index contributed by atoms with van der Waals surface area (Å²) in [7, 11) is 0. The van der Waals surface area contributed by atoms with E-state index in [1.807, 2.05) is 0 Å². The van der Waals surface area contributed by atoms with Gasteiger partial charge in [0.05, 0.1) is 0 Å². The molecule has 0 spiro atoms. The van der Waals surface area contributed by atoms with E-state index in [0.717, 1.165) is 12.5 Å². The van der Waals surface area contributed by atoms with Crippen LogP contribution in [0.1, 0.15) is 61.6 Å². The normalized spacial score (nSPS) is 24.0. The molecule has 2 heteroatoms. The van der Waals surface area contributed by atoms with Crippen molar-refractivity contribution in [3.63, 3.8) is 0 Å². The summed E-state index contributed by atoms with van der Waals surface area (Å²) in [4.78, 5) is 2.65. The van der Waals surface area contributed by atoms with E-state index in [4.69, 9.17) is 0 Å². The van der Waals surface area contributed by atoms with E-state index < -0.39 is 0 Å². The van der Waals surface area contributed by atoms with Crippen LogP contribution in [0.2, 0.25) is 0 Å². The second kappa shape index (κ2) is 8.30. The lowest BCUT2D eigenvalue weighted by Crippen LogP contribution is -2.46. The van der Waals surface area contributed by atoms with Gasteiger partial charge in [0.1, 0.15) is 0 Å². The molecule has 0 radical (unpaired) electrons. The lowest BCUT2D eigenvalue weighted by Gasteiger charge is -2.35. The zero-order valence-corrected chi connectivity index (χ0v) is 15.1. The highest BCUT2D eigenvalue weighted by Gasteiger charge is 2.21. The molecular formula is C21H34N2. The molecule has 23 heavy (non-hydrogen) atoms. The standard InChI is InChI=1S/C21H34N2/c1-17-10-11-20(18(2)13-17)15-23-12-6-9-21(16-23)22-14-19-7-4-3-5-8-19/h10-11,13,19,21-22H,3-9,12,14-16H2,1-2H3. The first-order valence-electron chi connectivity index (χ1n) is 9.72. The van der Waals surface area contributed by atoms with Crippen molar-refractivity contribution in [2.24, 2.45) is 5.92 Å². The van der Waals surface area contributed by atoms with Crippen molar-refractivity contribution in [2.75, 3.05) is 19.6 Å². The zero-order valence-electron chi connectivity index (χ0n) is 15.1. The van der Waals surface area contributed by atoms with E-state index in [2.05, 4.69) is 42.3 Å². The van der Waals surface area contributed by atoms with Crippen LogP contribution in [0, 0.1) is 19.8 Å². The third-order valence-electron chi connectivity index (χ3n) is 5.82. The van der Waals surface area contributed by atoms with Gasteiger partial charge < -0.3 is 5.32 Å². The molecule has 1 unspecified atom stereocenters. The fourth-order valence-electron chi connectivity index (χ4n) is 4.35. The van der Waals surface area contributed by atoms with Gasteiger partial charge in [-0.15, -0.1) is 0 Å². The topological polar surface area (TPSA) is 15.3 Å².